The van der Waals surface area contributed by atoms with E-state index in [0.717, 1.165) is 21.7 Å². The number of carbonyl (C=O) groups excluding carboxylic acids is 1. The lowest BCUT2D eigenvalue weighted by atomic mass is 9.70. The number of nitrogens with zero attached hydrogens (tertiary/aromatic N) is 5. The number of carbonyl (C=O) groups is 1. The summed E-state index contributed by atoms with van der Waals surface area (Å²) in [4.78, 5) is 29.4. The van der Waals surface area contributed by atoms with Crippen molar-refractivity contribution in [1.82, 2.24) is 19.6 Å². The van der Waals surface area contributed by atoms with Crippen LogP contribution < -0.4 is 4.74 Å². The lowest BCUT2D eigenvalue weighted by Gasteiger charge is -2.37. The summed E-state index contributed by atoms with van der Waals surface area (Å²) < 4.78 is 7.90. The second-order valence-electron chi connectivity index (χ2n) is 9.91. The fraction of sp³-hybridized carbons (Fsp3) is 0.296. The van der Waals surface area contributed by atoms with Crippen LogP contribution in [0.15, 0.2) is 70.7 Å². The first-order chi connectivity index (χ1) is 17.4. The molecule has 4 heterocycles. The number of hydrogen-bond donors (Lipinski definition) is 0. The Labute approximate surface area is 212 Å². The maximum Gasteiger partial charge on any atom is 0.228 e. The number of hydrogen-bond acceptors (Lipinski definition) is 8. The maximum absolute atomic E-state index is 13.4. The molecule has 0 bridgehead atoms. The molecule has 8 nitrogen and oxygen atoms in total. The SMILES string of the molecule is C/C(=N\OCc1nc2c3c(ncn2n1)OC1=C(C(=O)CC(C)(C)C1)C3c1ccccc1)c1cccs1. The predicted octanol–water partition coefficient (Wildman–Crippen LogP) is 5.29. The van der Waals surface area contributed by atoms with E-state index in [0.29, 0.717) is 41.5 Å². The van der Waals surface area contributed by atoms with Crippen LogP contribution in [0, 0.1) is 5.41 Å². The number of ether oxygens (including phenoxy) is 1. The van der Waals surface area contributed by atoms with Gasteiger partial charge in [0.05, 0.1) is 16.2 Å². The van der Waals surface area contributed by atoms with E-state index in [1.165, 1.54) is 0 Å². The summed E-state index contributed by atoms with van der Waals surface area (Å²) in [5, 5.41) is 10.8. The van der Waals surface area contributed by atoms with Gasteiger partial charge in [0.15, 0.2) is 23.9 Å². The fourth-order valence-corrected chi connectivity index (χ4v) is 5.61. The van der Waals surface area contributed by atoms with Crippen LogP contribution in [0.4, 0.5) is 0 Å². The highest BCUT2D eigenvalue weighted by Gasteiger charge is 2.43. The van der Waals surface area contributed by atoms with Crippen LogP contribution in [-0.2, 0) is 16.2 Å². The first-order valence-corrected chi connectivity index (χ1v) is 12.7. The van der Waals surface area contributed by atoms with Gasteiger partial charge in [0.25, 0.3) is 0 Å². The molecule has 1 unspecified atom stereocenters. The quantitative estimate of drug-likeness (QED) is 0.274. The number of oxime groups is 1. The van der Waals surface area contributed by atoms with Crippen molar-refractivity contribution in [3.63, 3.8) is 0 Å². The molecule has 36 heavy (non-hydrogen) atoms. The molecule has 0 N–H and O–H groups in total. The highest BCUT2D eigenvalue weighted by atomic mass is 32.1. The topological polar surface area (TPSA) is 91.0 Å². The van der Waals surface area contributed by atoms with E-state index in [-0.39, 0.29) is 23.7 Å². The number of allylic oxidation sites excluding steroid dienone is 2. The van der Waals surface area contributed by atoms with Crippen LogP contribution in [0.25, 0.3) is 5.65 Å². The number of rotatable bonds is 5. The molecule has 3 aromatic heterocycles. The minimum Gasteiger partial charge on any atom is -0.442 e. The monoisotopic (exact) mass is 499 g/mol. The molecule has 1 aliphatic carbocycles. The summed E-state index contributed by atoms with van der Waals surface area (Å²) in [6.45, 7) is 6.19. The standard InChI is InChI=1S/C27H25N5O3S/c1-16(20-10-7-11-36-20)31-34-14-21-29-25-24-22(17-8-5-4-6-9-17)23-18(33)12-27(2,3)13-19(23)35-26(24)28-15-32(25)30-21/h4-11,15,22H,12-14H2,1-3H3/b31-16+. The Bertz CT molecular complexity index is 1520. The van der Waals surface area contributed by atoms with Crippen molar-refractivity contribution in [2.24, 2.45) is 10.6 Å². The van der Waals surface area contributed by atoms with Crippen molar-refractivity contribution in [3.8, 4) is 5.88 Å². The summed E-state index contributed by atoms with van der Waals surface area (Å²) in [5.74, 6) is 1.41. The Morgan fingerprint density at radius 1 is 1.22 bits per heavy atom. The second-order valence-corrected chi connectivity index (χ2v) is 10.9. The molecule has 0 spiro atoms. The molecule has 0 saturated heterocycles. The second kappa shape index (κ2) is 8.67. The van der Waals surface area contributed by atoms with Gasteiger partial charge in [-0.2, -0.15) is 0 Å². The molecule has 0 radical (unpaired) electrons. The van der Waals surface area contributed by atoms with Crippen LogP contribution in [0.1, 0.15) is 61.4 Å². The summed E-state index contributed by atoms with van der Waals surface area (Å²) >= 11 is 1.60. The summed E-state index contributed by atoms with van der Waals surface area (Å²) in [6, 6.07) is 14.0. The van der Waals surface area contributed by atoms with Gasteiger partial charge < -0.3 is 9.57 Å². The first kappa shape index (κ1) is 22.6. The number of aromatic nitrogens is 4. The molecular weight excluding hydrogens is 474 g/mol. The average molecular weight is 500 g/mol. The van der Waals surface area contributed by atoms with Crippen molar-refractivity contribution in [2.75, 3.05) is 0 Å². The van der Waals surface area contributed by atoms with Gasteiger partial charge in [-0.25, -0.2) is 14.5 Å². The molecule has 1 atom stereocenters. The third-order valence-corrected chi connectivity index (χ3v) is 7.49. The van der Waals surface area contributed by atoms with Gasteiger partial charge in [-0.15, -0.1) is 16.4 Å². The van der Waals surface area contributed by atoms with E-state index in [2.05, 4.69) is 29.1 Å². The lowest BCUT2D eigenvalue weighted by Crippen LogP contribution is -2.33. The molecule has 2 aliphatic rings. The normalized spacial score (nSPS) is 19.1. The molecule has 1 aliphatic heterocycles. The van der Waals surface area contributed by atoms with Crippen molar-refractivity contribution in [2.45, 2.75) is 46.1 Å². The van der Waals surface area contributed by atoms with Crippen molar-refractivity contribution >= 4 is 28.5 Å². The molecule has 4 aromatic rings. The Morgan fingerprint density at radius 3 is 2.83 bits per heavy atom. The van der Waals surface area contributed by atoms with Crippen LogP contribution in [0.2, 0.25) is 0 Å². The first-order valence-electron chi connectivity index (χ1n) is 11.8. The van der Waals surface area contributed by atoms with Crippen LogP contribution >= 0.6 is 11.3 Å². The number of benzene rings is 1. The molecule has 0 saturated carbocycles. The lowest BCUT2D eigenvalue weighted by molar-refractivity contribution is -0.118. The van der Waals surface area contributed by atoms with E-state index in [1.807, 2.05) is 54.8 Å². The Kier molecular flexibility index (Phi) is 5.44. The Balaban J connectivity index is 1.41. The molecule has 0 amide bonds. The van der Waals surface area contributed by atoms with Gasteiger partial charge in [0.2, 0.25) is 5.88 Å². The maximum atomic E-state index is 13.4. The zero-order chi connectivity index (χ0) is 24.9. The van der Waals surface area contributed by atoms with Crippen LogP contribution in [0.3, 0.4) is 0 Å². The number of fused-ring (bicyclic) bond motifs is 3. The smallest absolute Gasteiger partial charge is 0.228 e. The Morgan fingerprint density at radius 2 is 2.06 bits per heavy atom. The summed E-state index contributed by atoms with van der Waals surface area (Å²) in [6.07, 6.45) is 2.74. The van der Waals surface area contributed by atoms with Gasteiger partial charge in [0, 0.05) is 24.3 Å². The zero-order valence-electron chi connectivity index (χ0n) is 20.3. The van der Waals surface area contributed by atoms with Crippen LogP contribution in [-0.4, -0.2) is 31.1 Å². The molecule has 6 rings (SSSR count). The number of ketones is 1. The number of Topliss-reactive ketones (excluding diaryl/α,β-unsaturated/α-hetero) is 1. The van der Waals surface area contributed by atoms with E-state index < -0.39 is 0 Å². The minimum absolute atomic E-state index is 0.101. The minimum atomic E-state index is -0.332. The number of thiophene rings is 1. The zero-order valence-corrected chi connectivity index (χ0v) is 21.1. The van der Waals surface area contributed by atoms with Gasteiger partial charge in [0.1, 0.15) is 12.1 Å². The predicted molar refractivity (Wildman–Crippen MR) is 136 cm³/mol. The third-order valence-electron chi connectivity index (χ3n) is 6.51. The van der Waals surface area contributed by atoms with Crippen LogP contribution in [0.5, 0.6) is 5.88 Å². The van der Waals surface area contributed by atoms with E-state index in [4.69, 9.17) is 14.6 Å². The van der Waals surface area contributed by atoms with Gasteiger partial charge in [-0.3, -0.25) is 4.79 Å². The van der Waals surface area contributed by atoms with Crippen molar-refractivity contribution < 1.29 is 14.4 Å². The van der Waals surface area contributed by atoms with Gasteiger partial charge in [-0.05, 0) is 29.3 Å². The molecule has 0 fully saturated rings. The van der Waals surface area contributed by atoms with E-state index >= 15 is 0 Å². The highest BCUT2D eigenvalue weighted by Crippen LogP contribution is 2.50. The average Bonchev–Trinajstić information content (AvgIpc) is 3.52. The molecule has 9 heteroatoms. The molecule has 1 aromatic carbocycles. The highest BCUT2D eigenvalue weighted by molar-refractivity contribution is 7.12. The largest absolute Gasteiger partial charge is 0.442 e. The van der Waals surface area contributed by atoms with Gasteiger partial charge >= 0.3 is 0 Å². The van der Waals surface area contributed by atoms with Gasteiger partial charge in [-0.1, -0.05) is 55.4 Å². The Hall–Kier alpha value is -3.85. The van der Waals surface area contributed by atoms with E-state index in [9.17, 15) is 4.79 Å². The molecular formula is C27H25N5O3S. The van der Waals surface area contributed by atoms with Crippen molar-refractivity contribution in [1.29, 1.82) is 0 Å². The van der Waals surface area contributed by atoms with E-state index in [1.54, 1.807) is 22.2 Å². The fourth-order valence-electron chi connectivity index (χ4n) is 4.95. The third kappa shape index (κ3) is 3.99. The summed E-state index contributed by atoms with van der Waals surface area (Å²) in [5.41, 5.74) is 3.65. The summed E-state index contributed by atoms with van der Waals surface area (Å²) in [7, 11) is 0. The molecule has 182 valence electrons. The van der Waals surface area contributed by atoms with Crippen molar-refractivity contribution in [3.05, 3.63) is 87.3 Å².